The van der Waals surface area contributed by atoms with Gasteiger partial charge < -0.3 is 10.2 Å². The van der Waals surface area contributed by atoms with E-state index in [2.05, 4.69) is 5.32 Å². The molecule has 2 N–H and O–H groups in total. The molecular weight excluding hydrogens is 383 g/mol. The lowest BCUT2D eigenvalue weighted by molar-refractivity contribution is -0.895. The number of nitrogens with one attached hydrogen (secondary N) is 2. The maximum atomic E-state index is 13.9. The Kier molecular flexibility index (Phi) is 6.04. The quantitative estimate of drug-likeness (QED) is 0.747. The van der Waals surface area contributed by atoms with Crippen LogP contribution in [0.1, 0.15) is 5.56 Å². The van der Waals surface area contributed by atoms with Gasteiger partial charge in [-0.25, -0.2) is 12.8 Å². The van der Waals surface area contributed by atoms with E-state index in [-0.39, 0.29) is 30.4 Å². The number of halogens is 1. The third-order valence-corrected chi connectivity index (χ3v) is 6.52. The van der Waals surface area contributed by atoms with Gasteiger partial charge in [-0.15, -0.1) is 0 Å². The van der Waals surface area contributed by atoms with E-state index < -0.39 is 15.8 Å². The number of anilines is 1. The van der Waals surface area contributed by atoms with Crippen molar-refractivity contribution in [2.24, 2.45) is 0 Å². The molecule has 1 saturated heterocycles. The predicted molar refractivity (Wildman–Crippen MR) is 101 cm³/mol. The second-order valence-corrected chi connectivity index (χ2v) is 8.40. The maximum Gasteiger partial charge on any atom is 0.279 e. The molecule has 0 saturated carbocycles. The molecule has 3 rings (SSSR count). The molecule has 1 aliphatic heterocycles. The number of carbonyl (C=O) groups excluding carboxylic acids is 1. The first-order chi connectivity index (χ1) is 13.4. The molecule has 28 heavy (non-hydrogen) atoms. The van der Waals surface area contributed by atoms with E-state index in [1.165, 1.54) is 22.5 Å². The van der Waals surface area contributed by atoms with Crippen LogP contribution in [0, 0.1) is 17.1 Å². The molecule has 2 aromatic rings. The summed E-state index contributed by atoms with van der Waals surface area (Å²) in [7, 11) is -3.88. The Hall–Kier alpha value is -2.80. The van der Waals surface area contributed by atoms with E-state index in [0.29, 0.717) is 24.3 Å². The minimum absolute atomic E-state index is 0.190. The Bertz CT molecular complexity index is 995. The van der Waals surface area contributed by atoms with Crippen LogP contribution in [0.25, 0.3) is 0 Å². The first-order valence-electron chi connectivity index (χ1n) is 8.78. The summed E-state index contributed by atoms with van der Waals surface area (Å²) in [5.41, 5.74) is 1.11. The van der Waals surface area contributed by atoms with Gasteiger partial charge in [-0.3, -0.25) is 4.79 Å². The lowest BCUT2D eigenvalue weighted by Crippen LogP contribution is -3.15. The SMILES string of the molecule is N#Cc1ccc(NC(=O)C[NH+]2CCN(S(=O)(=O)c3ccccc3F)CC2)cc1. The molecule has 0 bridgehead atoms. The zero-order valence-corrected chi connectivity index (χ0v) is 15.9. The van der Waals surface area contributed by atoms with Gasteiger partial charge >= 0.3 is 0 Å². The summed E-state index contributed by atoms with van der Waals surface area (Å²) in [6.07, 6.45) is 0. The standard InChI is InChI=1S/C19H19FN4O3S/c20-17-3-1-2-4-18(17)28(26,27)24-11-9-23(10-12-24)14-19(25)22-16-7-5-15(13-21)6-8-16/h1-8H,9-12,14H2,(H,22,25)/p+1. The highest BCUT2D eigenvalue weighted by Gasteiger charge is 2.32. The number of rotatable bonds is 5. The van der Waals surface area contributed by atoms with Crippen molar-refractivity contribution in [1.82, 2.24) is 4.31 Å². The van der Waals surface area contributed by atoms with Crippen molar-refractivity contribution in [3.8, 4) is 6.07 Å². The van der Waals surface area contributed by atoms with E-state index in [0.717, 1.165) is 11.0 Å². The van der Waals surface area contributed by atoms with Crippen molar-refractivity contribution in [2.75, 3.05) is 38.0 Å². The third kappa shape index (κ3) is 4.54. The summed E-state index contributed by atoms with van der Waals surface area (Å²) in [5.74, 6) is -0.954. The lowest BCUT2D eigenvalue weighted by Gasteiger charge is -2.31. The van der Waals surface area contributed by atoms with Gasteiger partial charge in [0.1, 0.15) is 10.7 Å². The number of benzene rings is 2. The first kappa shape index (κ1) is 19.9. The third-order valence-electron chi connectivity index (χ3n) is 4.59. The van der Waals surface area contributed by atoms with E-state index in [4.69, 9.17) is 5.26 Å². The number of quaternary nitrogens is 1. The predicted octanol–water partition coefficient (Wildman–Crippen LogP) is 0.225. The molecule has 0 spiro atoms. The molecule has 1 heterocycles. The summed E-state index contributed by atoms with van der Waals surface area (Å²) >= 11 is 0. The fourth-order valence-corrected chi connectivity index (χ4v) is 4.58. The molecule has 0 radical (unpaired) electrons. The fraction of sp³-hybridized carbons (Fsp3) is 0.263. The van der Waals surface area contributed by atoms with Crippen molar-refractivity contribution < 1.29 is 22.5 Å². The van der Waals surface area contributed by atoms with Gasteiger partial charge in [0.05, 0.1) is 37.8 Å². The number of piperazine rings is 1. The Morgan fingerprint density at radius 2 is 1.79 bits per heavy atom. The van der Waals surface area contributed by atoms with Crippen LogP contribution in [0.5, 0.6) is 0 Å². The van der Waals surface area contributed by atoms with Crippen molar-refractivity contribution in [2.45, 2.75) is 4.90 Å². The van der Waals surface area contributed by atoms with E-state index in [1.54, 1.807) is 24.3 Å². The molecule has 0 unspecified atom stereocenters. The van der Waals surface area contributed by atoms with Crippen LogP contribution in [0.2, 0.25) is 0 Å². The zero-order valence-electron chi connectivity index (χ0n) is 15.1. The Morgan fingerprint density at radius 1 is 1.14 bits per heavy atom. The average Bonchev–Trinajstić information content (AvgIpc) is 2.69. The summed E-state index contributed by atoms with van der Waals surface area (Å²) in [5, 5.41) is 11.5. The molecule has 0 aliphatic carbocycles. The van der Waals surface area contributed by atoms with Gasteiger partial charge in [-0.1, -0.05) is 12.1 Å². The molecule has 1 amide bonds. The number of hydrogen-bond donors (Lipinski definition) is 2. The van der Waals surface area contributed by atoms with Gasteiger partial charge in [-0.05, 0) is 36.4 Å². The highest BCUT2D eigenvalue weighted by Crippen LogP contribution is 2.18. The molecule has 2 aromatic carbocycles. The zero-order chi connectivity index (χ0) is 20.1. The van der Waals surface area contributed by atoms with Gasteiger partial charge in [0.25, 0.3) is 5.91 Å². The van der Waals surface area contributed by atoms with Gasteiger partial charge in [-0.2, -0.15) is 9.57 Å². The largest absolute Gasteiger partial charge is 0.325 e. The minimum atomic E-state index is -3.88. The van der Waals surface area contributed by atoms with Crippen LogP contribution < -0.4 is 10.2 Å². The maximum absolute atomic E-state index is 13.9. The van der Waals surface area contributed by atoms with Crippen LogP contribution in [0.3, 0.4) is 0 Å². The molecule has 0 atom stereocenters. The van der Waals surface area contributed by atoms with Crippen LogP contribution in [-0.4, -0.2) is 51.4 Å². The van der Waals surface area contributed by atoms with Crippen molar-refractivity contribution in [3.63, 3.8) is 0 Å². The van der Waals surface area contributed by atoms with Gasteiger partial charge in [0.15, 0.2) is 6.54 Å². The number of carbonyl (C=O) groups is 1. The van der Waals surface area contributed by atoms with Crippen molar-refractivity contribution >= 4 is 21.6 Å². The smallest absolute Gasteiger partial charge is 0.279 e. The second kappa shape index (κ2) is 8.48. The van der Waals surface area contributed by atoms with E-state index >= 15 is 0 Å². The van der Waals surface area contributed by atoms with Crippen molar-refractivity contribution in [1.29, 1.82) is 5.26 Å². The Morgan fingerprint density at radius 3 is 2.39 bits per heavy atom. The number of nitriles is 1. The van der Waals surface area contributed by atoms with Crippen molar-refractivity contribution in [3.05, 3.63) is 59.9 Å². The molecule has 7 nitrogen and oxygen atoms in total. The number of nitrogens with zero attached hydrogens (tertiary/aromatic N) is 2. The van der Waals surface area contributed by atoms with Crippen LogP contribution in [-0.2, 0) is 14.8 Å². The van der Waals surface area contributed by atoms with Gasteiger partial charge in [0, 0.05) is 5.69 Å². The Labute approximate surface area is 163 Å². The van der Waals surface area contributed by atoms with Gasteiger partial charge in [0.2, 0.25) is 10.0 Å². The highest BCUT2D eigenvalue weighted by molar-refractivity contribution is 7.89. The molecular formula is C19H20FN4O3S+. The number of hydrogen-bond acceptors (Lipinski definition) is 4. The number of amides is 1. The molecule has 146 valence electrons. The summed E-state index contributed by atoms with van der Waals surface area (Å²) < 4.78 is 40.3. The average molecular weight is 403 g/mol. The van der Waals surface area contributed by atoms with Crippen LogP contribution in [0.4, 0.5) is 10.1 Å². The highest BCUT2D eigenvalue weighted by atomic mass is 32.2. The lowest BCUT2D eigenvalue weighted by atomic mass is 10.2. The fourth-order valence-electron chi connectivity index (χ4n) is 3.07. The van der Waals surface area contributed by atoms with E-state index in [9.17, 15) is 17.6 Å². The topological polar surface area (TPSA) is 94.7 Å². The first-order valence-corrected chi connectivity index (χ1v) is 10.2. The van der Waals surface area contributed by atoms with E-state index in [1.807, 2.05) is 6.07 Å². The van der Waals surface area contributed by atoms with Crippen LogP contribution in [0.15, 0.2) is 53.4 Å². The molecule has 0 aromatic heterocycles. The normalized spacial score (nSPS) is 15.7. The van der Waals surface area contributed by atoms with Crippen LogP contribution >= 0.6 is 0 Å². The molecule has 1 fully saturated rings. The monoisotopic (exact) mass is 403 g/mol. The number of sulfonamides is 1. The molecule has 1 aliphatic rings. The molecule has 9 heteroatoms. The minimum Gasteiger partial charge on any atom is -0.325 e. The second-order valence-electron chi connectivity index (χ2n) is 6.50. The summed E-state index contributed by atoms with van der Waals surface area (Å²) in [6, 6.07) is 13.9. The summed E-state index contributed by atoms with van der Waals surface area (Å²) in [6.45, 7) is 1.54. The Balaban J connectivity index is 1.54. The summed E-state index contributed by atoms with van der Waals surface area (Å²) in [4.78, 5) is 12.8.